The first-order valence-corrected chi connectivity index (χ1v) is 5.68. The van der Waals surface area contributed by atoms with Crippen molar-refractivity contribution in [2.75, 3.05) is 12.9 Å². The summed E-state index contributed by atoms with van der Waals surface area (Å²) in [6.07, 6.45) is 0.961. The SMILES string of the molecule is CCOC(=O)c1cc(S(C)(=O)=O)on1. The van der Waals surface area contributed by atoms with Gasteiger partial charge in [0.25, 0.3) is 5.09 Å². The van der Waals surface area contributed by atoms with Crippen molar-refractivity contribution in [3.63, 3.8) is 0 Å². The molecule has 7 heteroatoms. The summed E-state index contributed by atoms with van der Waals surface area (Å²) < 4.78 is 30.9. The number of ether oxygens (including phenoxy) is 1. The van der Waals surface area contributed by atoms with E-state index in [9.17, 15) is 13.2 Å². The van der Waals surface area contributed by atoms with E-state index in [4.69, 9.17) is 0 Å². The zero-order chi connectivity index (χ0) is 10.8. The smallest absolute Gasteiger partial charge is 0.360 e. The first kappa shape index (κ1) is 10.7. The number of sulfone groups is 1. The Morgan fingerprint density at radius 1 is 1.64 bits per heavy atom. The lowest BCUT2D eigenvalue weighted by molar-refractivity contribution is 0.0514. The summed E-state index contributed by atoms with van der Waals surface area (Å²) in [7, 11) is -3.47. The number of rotatable bonds is 3. The third kappa shape index (κ3) is 2.32. The highest BCUT2D eigenvalue weighted by Crippen LogP contribution is 2.10. The Morgan fingerprint density at radius 3 is 2.71 bits per heavy atom. The number of hydrogen-bond donors (Lipinski definition) is 0. The fourth-order valence-electron chi connectivity index (χ4n) is 0.734. The molecule has 0 amide bonds. The summed E-state index contributed by atoms with van der Waals surface area (Å²) in [6.45, 7) is 1.83. The van der Waals surface area contributed by atoms with E-state index >= 15 is 0 Å². The second-order valence-electron chi connectivity index (χ2n) is 2.52. The first-order chi connectivity index (χ1) is 6.45. The second-order valence-corrected chi connectivity index (χ2v) is 4.47. The second kappa shape index (κ2) is 3.79. The Kier molecular flexibility index (Phi) is 2.90. The van der Waals surface area contributed by atoms with Crippen LogP contribution in [0, 0.1) is 0 Å². The van der Waals surface area contributed by atoms with Gasteiger partial charge >= 0.3 is 5.97 Å². The summed E-state index contributed by atoms with van der Waals surface area (Å²) >= 11 is 0. The van der Waals surface area contributed by atoms with E-state index in [1.807, 2.05) is 0 Å². The molecule has 0 saturated carbocycles. The molecule has 0 spiro atoms. The standard InChI is InChI=1S/C7H9NO5S/c1-3-12-7(9)5-4-6(13-8-5)14(2,10)11/h4H,3H2,1-2H3. The van der Waals surface area contributed by atoms with E-state index in [0.29, 0.717) is 0 Å². The average molecular weight is 219 g/mol. The van der Waals surface area contributed by atoms with Crippen LogP contribution in [0.15, 0.2) is 15.7 Å². The van der Waals surface area contributed by atoms with Crippen LogP contribution in [0.25, 0.3) is 0 Å². The van der Waals surface area contributed by atoms with Crippen molar-refractivity contribution in [3.8, 4) is 0 Å². The monoisotopic (exact) mass is 219 g/mol. The molecule has 78 valence electrons. The van der Waals surface area contributed by atoms with Crippen LogP contribution in [0.5, 0.6) is 0 Å². The van der Waals surface area contributed by atoms with Gasteiger partial charge in [-0.25, -0.2) is 13.2 Å². The van der Waals surface area contributed by atoms with Crippen molar-refractivity contribution in [1.82, 2.24) is 5.16 Å². The number of carbonyl (C=O) groups excluding carboxylic acids is 1. The molecule has 0 aromatic carbocycles. The number of esters is 1. The lowest BCUT2D eigenvalue weighted by Gasteiger charge is -1.94. The molecule has 0 atom stereocenters. The molecule has 1 aromatic heterocycles. The number of hydrogen-bond acceptors (Lipinski definition) is 6. The summed E-state index contributed by atoms with van der Waals surface area (Å²) in [5, 5.41) is 2.93. The van der Waals surface area contributed by atoms with Crippen molar-refractivity contribution >= 4 is 15.8 Å². The number of nitrogens with zero attached hydrogens (tertiary/aromatic N) is 1. The van der Waals surface area contributed by atoms with Crippen LogP contribution in [0.4, 0.5) is 0 Å². The molecule has 0 unspecified atom stereocenters. The van der Waals surface area contributed by atoms with Gasteiger partial charge in [0.2, 0.25) is 9.84 Å². The van der Waals surface area contributed by atoms with Gasteiger partial charge in [0, 0.05) is 12.3 Å². The van der Waals surface area contributed by atoms with Gasteiger partial charge in [-0.3, -0.25) is 0 Å². The fraction of sp³-hybridized carbons (Fsp3) is 0.429. The molecule has 0 radical (unpaired) electrons. The first-order valence-electron chi connectivity index (χ1n) is 3.79. The number of carbonyl (C=O) groups is 1. The summed E-state index contributed by atoms with van der Waals surface area (Å²) in [5.74, 6) is -0.703. The van der Waals surface area contributed by atoms with E-state index in [1.54, 1.807) is 6.92 Å². The minimum atomic E-state index is -3.47. The van der Waals surface area contributed by atoms with Gasteiger partial charge in [-0.15, -0.1) is 0 Å². The minimum Gasteiger partial charge on any atom is -0.461 e. The minimum absolute atomic E-state index is 0.146. The van der Waals surface area contributed by atoms with Gasteiger partial charge < -0.3 is 9.26 Å². The van der Waals surface area contributed by atoms with Crippen LogP contribution in [0.2, 0.25) is 0 Å². The average Bonchev–Trinajstić information content (AvgIpc) is 2.51. The molecule has 0 aliphatic carbocycles. The lowest BCUT2D eigenvalue weighted by Crippen LogP contribution is -2.04. The van der Waals surface area contributed by atoms with Crippen molar-refractivity contribution < 1.29 is 22.5 Å². The maximum absolute atomic E-state index is 11.0. The Labute approximate surface area is 80.8 Å². The summed E-state index contributed by atoms with van der Waals surface area (Å²) in [4.78, 5) is 11.0. The molecule has 0 aliphatic heterocycles. The maximum Gasteiger partial charge on any atom is 0.360 e. The highest BCUT2D eigenvalue weighted by atomic mass is 32.2. The molecular weight excluding hydrogens is 210 g/mol. The van der Waals surface area contributed by atoms with E-state index < -0.39 is 15.8 Å². The molecule has 1 rings (SSSR count). The topological polar surface area (TPSA) is 86.5 Å². The van der Waals surface area contributed by atoms with Crippen LogP contribution in [0.3, 0.4) is 0 Å². The lowest BCUT2D eigenvalue weighted by atomic mass is 10.4. The van der Waals surface area contributed by atoms with Gasteiger partial charge in [0.05, 0.1) is 6.61 Å². The fourth-order valence-corrected chi connectivity index (χ4v) is 1.23. The predicted molar refractivity (Wildman–Crippen MR) is 45.6 cm³/mol. The van der Waals surface area contributed by atoms with Crippen LogP contribution in [-0.2, 0) is 14.6 Å². The van der Waals surface area contributed by atoms with Crippen LogP contribution < -0.4 is 0 Å². The molecule has 6 nitrogen and oxygen atoms in total. The summed E-state index contributed by atoms with van der Waals surface area (Å²) in [6, 6.07) is 1.04. The Morgan fingerprint density at radius 2 is 2.29 bits per heavy atom. The van der Waals surface area contributed by atoms with Gasteiger partial charge in [-0.2, -0.15) is 0 Å². The third-order valence-corrected chi connectivity index (χ3v) is 2.26. The highest BCUT2D eigenvalue weighted by Gasteiger charge is 2.19. The van der Waals surface area contributed by atoms with Gasteiger partial charge in [-0.1, -0.05) is 5.16 Å². The normalized spacial score (nSPS) is 11.3. The zero-order valence-electron chi connectivity index (χ0n) is 7.68. The van der Waals surface area contributed by atoms with Gasteiger partial charge in [0.1, 0.15) is 0 Å². The third-order valence-electron chi connectivity index (χ3n) is 1.34. The van der Waals surface area contributed by atoms with E-state index in [-0.39, 0.29) is 17.4 Å². The predicted octanol–water partition coefficient (Wildman–Crippen LogP) is 0.255. The largest absolute Gasteiger partial charge is 0.461 e. The molecule has 14 heavy (non-hydrogen) atoms. The molecular formula is C7H9NO5S. The summed E-state index contributed by atoms with van der Waals surface area (Å²) in [5.41, 5.74) is -0.146. The van der Waals surface area contributed by atoms with Crippen molar-refractivity contribution in [2.45, 2.75) is 12.0 Å². The Bertz CT molecular complexity index is 433. The molecule has 0 aliphatic rings. The molecule has 0 saturated heterocycles. The van der Waals surface area contributed by atoms with Crippen molar-refractivity contribution in [3.05, 3.63) is 11.8 Å². The Balaban J connectivity index is 2.94. The molecule has 0 N–H and O–H groups in total. The molecule has 0 bridgehead atoms. The van der Waals surface area contributed by atoms with Crippen LogP contribution in [-0.4, -0.2) is 32.4 Å². The van der Waals surface area contributed by atoms with Crippen LogP contribution in [0.1, 0.15) is 17.4 Å². The van der Waals surface area contributed by atoms with E-state index in [0.717, 1.165) is 12.3 Å². The van der Waals surface area contributed by atoms with Crippen molar-refractivity contribution in [2.24, 2.45) is 0 Å². The Hall–Kier alpha value is -1.37. The van der Waals surface area contributed by atoms with Crippen LogP contribution >= 0.6 is 0 Å². The number of aromatic nitrogens is 1. The van der Waals surface area contributed by atoms with E-state index in [1.165, 1.54) is 0 Å². The highest BCUT2D eigenvalue weighted by molar-refractivity contribution is 7.90. The van der Waals surface area contributed by atoms with E-state index in [2.05, 4.69) is 14.4 Å². The van der Waals surface area contributed by atoms with Gasteiger partial charge in [-0.05, 0) is 6.92 Å². The van der Waals surface area contributed by atoms with Gasteiger partial charge in [0.15, 0.2) is 5.69 Å². The molecule has 1 aromatic rings. The zero-order valence-corrected chi connectivity index (χ0v) is 8.50. The molecule has 1 heterocycles. The molecule has 0 fully saturated rings. The quantitative estimate of drug-likeness (QED) is 0.677. The van der Waals surface area contributed by atoms with Crippen molar-refractivity contribution in [1.29, 1.82) is 0 Å². The maximum atomic E-state index is 11.0.